The Kier molecular flexibility index (Phi) is 4.10. The number of rotatable bonds is 4. The normalized spacial score (nSPS) is 11.0. The Balaban J connectivity index is 1.76. The number of aromatic nitrogens is 4. The summed E-state index contributed by atoms with van der Waals surface area (Å²) < 4.78 is 0. The van der Waals surface area contributed by atoms with Gasteiger partial charge in [-0.15, -0.1) is 0 Å². The Morgan fingerprint density at radius 2 is 2.05 bits per heavy atom. The smallest absolute Gasteiger partial charge is 0.181 e. The topological polar surface area (TPSA) is 71.5 Å². The van der Waals surface area contributed by atoms with E-state index in [0.717, 1.165) is 5.52 Å². The van der Waals surface area contributed by atoms with E-state index < -0.39 is 0 Å². The van der Waals surface area contributed by atoms with Gasteiger partial charge in [0.05, 0.1) is 22.1 Å². The van der Waals surface area contributed by atoms with Crippen LogP contribution in [0.4, 0.5) is 0 Å². The Morgan fingerprint density at radius 1 is 1.19 bits per heavy atom. The van der Waals surface area contributed by atoms with E-state index in [2.05, 4.69) is 19.9 Å². The van der Waals surface area contributed by atoms with Crippen molar-refractivity contribution < 1.29 is 4.79 Å². The SMILES string of the molecule is O=C(CSc1ncnc2nc[nH]c12)c1ccc(Cl)c(Cl)c1. The molecule has 0 atom stereocenters. The molecular weight excluding hydrogens is 331 g/mol. The molecule has 5 nitrogen and oxygen atoms in total. The number of aromatic amines is 1. The fourth-order valence-corrected chi connectivity index (χ4v) is 2.89. The number of ketones is 1. The number of halogens is 2. The summed E-state index contributed by atoms with van der Waals surface area (Å²) >= 11 is 13.1. The number of carbonyl (C=O) groups excluding carboxylic acids is 1. The maximum atomic E-state index is 12.2. The zero-order valence-corrected chi connectivity index (χ0v) is 12.8. The lowest BCUT2D eigenvalue weighted by atomic mass is 10.1. The van der Waals surface area contributed by atoms with Crippen LogP contribution in [0, 0.1) is 0 Å². The van der Waals surface area contributed by atoms with E-state index in [1.165, 1.54) is 18.1 Å². The monoisotopic (exact) mass is 338 g/mol. The second kappa shape index (κ2) is 6.01. The lowest BCUT2D eigenvalue weighted by Crippen LogP contribution is -2.03. The fourth-order valence-electron chi connectivity index (χ4n) is 1.74. The first-order valence-corrected chi connectivity index (χ1v) is 7.64. The molecule has 2 aromatic heterocycles. The van der Waals surface area contributed by atoms with Crippen molar-refractivity contribution in [1.29, 1.82) is 0 Å². The summed E-state index contributed by atoms with van der Waals surface area (Å²) in [6.45, 7) is 0. The highest BCUT2D eigenvalue weighted by Crippen LogP contribution is 2.25. The number of carbonyl (C=O) groups is 1. The van der Waals surface area contributed by atoms with Gasteiger partial charge in [-0.25, -0.2) is 15.0 Å². The minimum Gasteiger partial charge on any atom is -0.341 e. The van der Waals surface area contributed by atoms with Crippen molar-refractivity contribution in [2.24, 2.45) is 0 Å². The van der Waals surface area contributed by atoms with Crippen molar-refractivity contribution in [3.05, 3.63) is 46.5 Å². The lowest BCUT2D eigenvalue weighted by Gasteiger charge is -2.03. The number of nitrogens with one attached hydrogen (secondary N) is 1. The van der Waals surface area contributed by atoms with Gasteiger partial charge in [-0.1, -0.05) is 35.0 Å². The van der Waals surface area contributed by atoms with Crippen LogP contribution in [-0.2, 0) is 0 Å². The first-order chi connectivity index (χ1) is 10.1. The summed E-state index contributed by atoms with van der Waals surface area (Å²) in [5.41, 5.74) is 1.82. The van der Waals surface area contributed by atoms with Gasteiger partial charge in [0.25, 0.3) is 0 Å². The van der Waals surface area contributed by atoms with Crippen molar-refractivity contribution in [3.8, 4) is 0 Å². The first kappa shape index (κ1) is 14.3. The van der Waals surface area contributed by atoms with Crippen LogP contribution in [0.1, 0.15) is 10.4 Å². The molecule has 2 heterocycles. The molecule has 0 aliphatic carbocycles. The van der Waals surface area contributed by atoms with Crippen LogP contribution < -0.4 is 0 Å². The predicted octanol–water partition coefficient (Wildman–Crippen LogP) is 3.63. The Bertz CT molecular complexity index is 821. The minimum atomic E-state index is -0.0511. The zero-order chi connectivity index (χ0) is 14.8. The highest BCUT2D eigenvalue weighted by Gasteiger charge is 2.12. The van der Waals surface area contributed by atoms with Crippen LogP contribution in [0.2, 0.25) is 10.0 Å². The van der Waals surface area contributed by atoms with Crippen molar-refractivity contribution in [1.82, 2.24) is 19.9 Å². The number of fused-ring (bicyclic) bond motifs is 1. The number of benzene rings is 1. The maximum absolute atomic E-state index is 12.2. The molecule has 8 heteroatoms. The van der Waals surface area contributed by atoms with Gasteiger partial charge in [0, 0.05) is 5.56 Å². The predicted molar refractivity (Wildman–Crippen MR) is 83.2 cm³/mol. The van der Waals surface area contributed by atoms with Gasteiger partial charge < -0.3 is 4.98 Å². The molecule has 0 unspecified atom stereocenters. The van der Waals surface area contributed by atoms with Crippen molar-refractivity contribution in [2.45, 2.75) is 5.03 Å². The number of hydrogen-bond acceptors (Lipinski definition) is 5. The van der Waals surface area contributed by atoms with Crippen LogP contribution in [-0.4, -0.2) is 31.5 Å². The molecule has 0 amide bonds. The van der Waals surface area contributed by atoms with Crippen LogP contribution in [0.15, 0.2) is 35.9 Å². The number of Topliss-reactive ketones (excluding diaryl/α,β-unsaturated/α-hetero) is 1. The van der Waals surface area contributed by atoms with Crippen molar-refractivity contribution in [2.75, 3.05) is 5.75 Å². The van der Waals surface area contributed by atoms with Gasteiger partial charge in [-0.2, -0.15) is 0 Å². The number of H-pyrrole nitrogens is 1. The molecule has 0 fully saturated rings. The molecule has 0 saturated carbocycles. The summed E-state index contributed by atoms with van der Waals surface area (Å²) in [4.78, 5) is 27.4. The number of nitrogens with zero attached hydrogens (tertiary/aromatic N) is 3. The Labute approximate surface area is 134 Å². The summed E-state index contributed by atoms with van der Waals surface area (Å²) in [6.07, 6.45) is 2.97. The average molecular weight is 339 g/mol. The van der Waals surface area contributed by atoms with Crippen LogP contribution in [0.25, 0.3) is 11.2 Å². The van der Waals surface area contributed by atoms with Crippen molar-refractivity contribution in [3.63, 3.8) is 0 Å². The molecule has 3 aromatic rings. The van der Waals surface area contributed by atoms with Crippen LogP contribution >= 0.6 is 35.0 Å². The third-order valence-corrected chi connectivity index (χ3v) is 4.50. The molecule has 0 aliphatic heterocycles. The summed E-state index contributed by atoms with van der Waals surface area (Å²) in [6, 6.07) is 4.83. The maximum Gasteiger partial charge on any atom is 0.181 e. The van der Waals surface area contributed by atoms with E-state index in [9.17, 15) is 4.79 Å². The lowest BCUT2D eigenvalue weighted by molar-refractivity contribution is 0.102. The van der Waals surface area contributed by atoms with Crippen molar-refractivity contribution >= 4 is 51.9 Å². The average Bonchev–Trinajstić information content (AvgIpc) is 2.96. The molecule has 1 N–H and O–H groups in total. The molecule has 0 spiro atoms. The molecule has 21 heavy (non-hydrogen) atoms. The highest BCUT2D eigenvalue weighted by molar-refractivity contribution is 8.00. The summed E-state index contributed by atoms with van der Waals surface area (Å²) in [5, 5.41) is 1.48. The van der Waals surface area contributed by atoms with E-state index in [1.807, 2.05) is 0 Å². The van der Waals surface area contributed by atoms with Gasteiger partial charge in [-0.05, 0) is 18.2 Å². The van der Waals surface area contributed by atoms with Gasteiger partial charge in [-0.3, -0.25) is 4.79 Å². The Hall–Kier alpha value is -1.63. The molecule has 3 rings (SSSR count). The van der Waals surface area contributed by atoms with Gasteiger partial charge in [0.1, 0.15) is 16.9 Å². The number of hydrogen-bond donors (Lipinski definition) is 1. The quantitative estimate of drug-likeness (QED) is 0.446. The molecular formula is C13H8Cl2N4OS. The fraction of sp³-hybridized carbons (Fsp3) is 0.0769. The molecule has 1 aromatic carbocycles. The summed E-state index contributed by atoms with van der Waals surface area (Å²) in [7, 11) is 0. The number of thioether (sulfide) groups is 1. The molecule has 0 bridgehead atoms. The minimum absolute atomic E-state index is 0.0511. The highest BCUT2D eigenvalue weighted by atomic mass is 35.5. The second-order valence-corrected chi connectivity index (χ2v) is 5.90. The first-order valence-electron chi connectivity index (χ1n) is 5.90. The van der Waals surface area contributed by atoms with E-state index >= 15 is 0 Å². The third kappa shape index (κ3) is 3.02. The Morgan fingerprint density at radius 3 is 2.86 bits per heavy atom. The van der Waals surface area contributed by atoms with Gasteiger partial charge >= 0.3 is 0 Å². The van der Waals surface area contributed by atoms with E-state index in [1.54, 1.807) is 24.5 Å². The number of imidazole rings is 1. The standard InChI is InChI=1S/C13H8Cl2N4OS/c14-8-2-1-7(3-9(8)15)10(20)4-21-13-11-12(17-5-16-11)18-6-19-13/h1-3,5-6H,4H2,(H,16,17,18,19). The van der Waals surface area contributed by atoms with Crippen LogP contribution in [0.5, 0.6) is 0 Å². The molecule has 0 radical (unpaired) electrons. The second-order valence-electron chi connectivity index (χ2n) is 4.12. The molecule has 106 valence electrons. The van der Waals surface area contributed by atoms with E-state index in [4.69, 9.17) is 23.2 Å². The summed E-state index contributed by atoms with van der Waals surface area (Å²) in [5.74, 6) is 0.188. The third-order valence-electron chi connectivity index (χ3n) is 2.77. The molecule has 0 aliphatic rings. The van der Waals surface area contributed by atoms with Crippen LogP contribution in [0.3, 0.4) is 0 Å². The van der Waals surface area contributed by atoms with Gasteiger partial charge in [0.15, 0.2) is 11.4 Å². The van der Waals surface area contributed by atoms with E-state index in [-0.39, 0.29) is 11.5 Å². The molecule has 0 saturated heterocycles. The van der Waals surface area contributed by atoms with Gasteiger partial charge in [0.2, 0.25) is 0 Å². The van der Waals surface area contributed by atoms with E-state index in [0.29, 0.717) is 26.3 Å². The largest absolute Gasteiger partial charge is 0.341 e. The zero-order valence-electron chi connectivity index (χ0n) is 10.5.